The minimum absolute atomic E-state index is 0.0958. The number of hydrogen-bond donors (Lipinski definition) is 1. The van der Waals surface area contributed by atoms with Gasteiger partial charge in [0.1, 0.15) is 5.82 Å². The number of nitrogens with zero attached hydrogens (tertiary/aromatic N) is 1. The Morgan fingerprint density at radius 3 is 2.65 bits per heavy atom. The first-order valence-electron chi connectivity index (χ1n) is 6.34. The molecule has 0 atom stereocenters. The van der Waals surface area contributed by atoms with Gasteiger partial charge in [-0.2, -0.15) is 0 Å². The van der Waals surface area contributed by atoms with Crippen LogP contribution in [0, 0.1) is 17.7 Å². The summed E-state index contributed by atoms with van der Waals surface area (Å²) in [5.41, 5.74) is 0.979. The molecule has 0 fully saturated rings. The molecule has 1 heterocycles. The van der Waals surface area contributed by atoms with E-state index in [0.29, 0.717) is 6.42 Å². The third kappa shape index (κ3) is 4.09. The molecular formula is C16H16FNOS. The van der Waals surface area contributed by atoms with Gasteiger partial charge in [-0.1, -0.05) is 11.8 Å². The van der Waals surface area contributed by atoms with E-state index in [1.807, 2.05) is 19.2 Å². The molecule has 0 bridgehead atoms. The fourth-order valence-electron chi connectivity index (χ4n) is 1.76. The summed E-state index contributed by atoms with van der Waals surface area (Å²) < 4.78 is 12.9. The minimum atomic E-state index is -0.222. The molecule has 0 unspecified atom stereocenters. The molecule has 0 saturated heterocycles. The first-order valence-corrected chi connectivity index (χ1v) is 7.16. The average molecular weight is 289 g/mol. The zero-order valence-corrected chi connectivity index (χ0v) is 12.1. The maximum atomic E-state index is 12.9. The molecule has 4 heteroatoms. The Kier molecular flexibility index (Phi) is 5.16. The zero-order chi connectivity index (χ0) is 14.4. The molecule has 2 rings (SSSR count). The molecule has 0 spiro atoms. The van der Waals surface area contributed by atoms with E-state index >= 15 is 0 Å². The Labute approximate surface area is 122 Å². The van der Waals surface area contributed by atoms with Gasteiger partial charge in [0.25, 0.3) is 0 Å². The number of aliphatic hydroxyl groups is 1. The van der Waals surface area contributed by atoms with E-state index in [9.17, 15) is 4.39 Å². The normalized spacial score (nSPS) is 9.95. The first-order chi connectivity index (χ1) is 9.69. The topological polar surface area (TPSA) is 23.5 Å². The van der Waals surface area contributed by atoms with Crippen molar-refractivity contribution in [2.75, 3.05) is 18.6 Å². The van der Waals surface area contributed by atoms with Crippen molar-refractivity contribution in [2.24, 2.45) is 0 Å². The van der Waals surface area contributed by atoms with Crippen molar-refractivity contribution >= 4 is 17.0 Å². The second-order valence-electron chi connectivity index (χ2n) is 4.37. The van der Waals surface area contributed by atoms with E-state index in [-0.39, 0.29) is 12.4 Å². The predicted molar refractivity (Wildman–Crippen MR) is 81.4 cm³/mol. The van der Waals surface area contributed by atoms with E-state index in [1.54, 1.807) is 23.5 Å². The Hall–Kier alpha value is -1.83. The Morgan fingerprint density at radius 1 is 1.20 bits per heavy atom. The van der Waals surface area contributed by atoms with Gasteiger partial charge in [0, 0.05) is 24.0 Å². The fourth-order valence-corrected chi connectivity index (χ4v) is 2.69. The maximum absolute atomic E-state index is 12.9. The van der Waals surface area contributed by atoms with Gasteiger partial charge < -0.3 is 10.0 Å². The third-order valence-electron chi connectivity index (χ3n) is 2.77. The van der Waals surface area contributed by atoms with Crippen molar-refractivity contribution in [1.82, 2.24) is 0 Å². The molecule has 2 nitrogen and oxygen atoms in total. The third-order valence-corrected chi connectivity index (χ3v) is 3.76. The lowest BCUT2D eigenvalue weighted by atomic mass is 10.3. The lowest BCUT2D eigenvalue weighted by molar-refractivity contribution is 0.305. The van der Waals surface area contributed by atoms with Crippen molar-refractivity contribution in [1.29, 1.82) is 0 Å². The van der Waals surface area contributed by atoms with Crippen molar-refractivity contribution < 1.29 is 9.50 Å². The van der Waals surface area contributed by atoms with Crippen LogP contribution in [0.3, 0.4) is 0 Å². The van der Waals surface area contributed by atoms with Crippen LogP contribution < -0.4 is 4.90 Å². The molecule has 0 aliphatic rings. The van der Waals surface area contributed by atoms with Crippen LogP contribution in [0.25, 0.3) is 0 Å². The van der Waals surface area contributed by atoms with E-state index in [0.717, 1.165) is 17.1 Å². The van der Waals surface area contributed by atoms with Crippen molar-refractivity contribution in [3.63, 3.8) is 0 Å². The van der Waals surface area contributed by atoms with Gasteiger partial charge >= 0.3 is 0 Å². The van der Waals surface area contributed by atoms with Gasteiger partial charge in [-0.05, 0) is 36.4 Å². The Balaban J connectivity index is 2.00. The molecule has 0 radical (unpaired) electrons. The number of benzene rings is 1. The first kappa shape index (κ1) is 14.6. The SMILES string of the molecule is CN(Cc1ccc(C#CCCO)s1)c1ccc(F)cc1. The van der Waals surface area contributed by atoms with Gasteiger partial charge in [-0.25, -0.2) is 4.39 Å². The number of thiophene rings is 1. The summed E-state index contributed by atoms with van der Waals surface area (Å²) in [6, 6.07) is 10.5. The summed E-state index contributed by atoms with van der Waals surface area (Å²) in [5.74, 6) is 5.72. The van der Waals surface area contributed by atoms with Crippen LogP contribution in [0.15, 0.2) is 36.4 Å². The summed E-state index contributed by atoms with van der Waals surface area (Å²) >= 11 is 1.64. The number of aliphatic hydroxyl groups excluding tert-OH is 1. The standard InChI is InChI=1S/C16H16FNOS/c1-18(14-7-5-13(17)6-8-14)12-16-10-9-15(20-16)4-2-3-11-19/h5-10,19H,3,11-12H2,1H3. The van der Waals surface area contributed by atoms with Crippen LogP contribution in [0.1, 0.15) is 16.2 Å². The highest BCUT2D eigenvalue weighted by molar-refractivity contribution is 7.12. The quantitative estimate of drug-likeness (QED) is 0.873. The second kappa shape index (κ2) is 7.09. The molecule has 20 heavy (non-hydrogen) atoms. The summed E-state index contributed by atoms with van der Waals surface area (Å²) in [4.78, 5) is 4.27. The van der Waals surface area contributed by atoms with Gasteiger partial charge in [-0.3, -0.25) is 0 Å². The summed E-state index contributed by atoms with van der Waals surface area (Å²) in [7, 11) is 1.98. The van der Waals surface area contributed by atoms with Crippen molar-refractivity contribution in [2.45, 2.75) is 13.0 Å². The molecule has 1 N–H and O–H groups in total. The molecule has 0 aliphatic carbocycles. The molecule has 0 saturated carbocycles. The molecule has 104 valence electrons. The Bertz CT molecular complexity index is 609. The summed E-state index contributed by atoms with van der Waals surface area (Å²) in [5, 5.41) is 8.68. The molecule has 0 aliphatic heterocycles. The maximum Gasteiger partial charge on any atom is 0.123 e. The number of halogens is 1. The fraction of sp³-hybridized carbons (Fsp3) is 0.250. The number of anilines is 1. The largest absolute Gasteiger partial charge is 0.395 e. The number of rotatable bonds is 4. The van der Waals surface area contributed by atoms with E-state index in [2.05, 4.69) is 16.7 Å². The Morgan fingerprint density at radius 2 is 1.95 bits per heavy atom. The van der Waals surface area contributed by atoms with Gasteiger partial charge in [0.05, 0.1) is 18.0 Å². The predicted octanol–water partition coefficient (Wildman–Crippen LogP) is 3.26. The van der Waals surface area contributed by atoms with E-state index in [4.69, 9.17) is 5.11 Å². The van der Waals surface area contributed by atoms with Gasteiger partial charge in [-0.15, -0.1) is 11.3 Å². The van der Waals surface area contributed by atoms with Crippen molar-refractivity contribution in [3.8, 4) is 11.8 Å². The zero-order valence-electron chi connectivity index (χ0n) is 11.3. The molecule has 2 aromatic rings. The summed E-state index contributed by atoms with van der Waals surface area (Å²) in [6.45, 7) is 0.858. The lowest BCUT2D eigenvalue weighted by Gasteiger charge is -2.18. The minimum Gasteiger partial charge on any atom is -0.395 e. The van der Waals surface area contributed by atoms with Crippen LogP contribution in [0.5, 0.6) is 0 Å². The smallest absolute Gasteiger partial charge is 0.123 e. The van der Waals surface area contributed by atoms with Crippen LogP contribution in [-0.4, -0.2) is 18.8 Å². The highest BCUT2D eigenvalue weighted by Crippen LogP contribution is 2.21. The average Bonchev–Trinajstić information content (AvgIpc) is 2.87. The second-order valence-corrected chi connectivity index (χ2v) is 5.54. The van der Waals surface area contributed by atoms with Gasteiger partial charge in [0.15, 0.2) is 0 Å². The summed E-state index contributed by atoms with van der Waals surface area (Å²) in [6.07, 6.45) is 0.503. The number of hydrogen-bond acceptors (Lipinski definition) is 3. The highest BCUT2D eigenvalue weighted by Gasteiger charge is 2.04. The van der Waals surface area contributed by atoms with Crippen LogP contribution in [-0.2, 0) is 6.54 Å². The lowest BCUT2D eigenvalue weighted by Crippen LogP contribution is -2.15. The van der Waals surface area contributed by atoms with Crippen LogP contribution in [0.2, 0.25) is 0 Å². The van der Waals surface area contributed by atoms with Crippen molar-refractivity contribution in [3.05, 3.63) is 52.0 Å². The molecule has 0 amide bonds. The molecule has 1 aromatic carbocycles. The molecular weight excluding hydrogens is 273 g/mol. The monoisotopic (exact) mass is 289 g/mol. The molecule has 1 aromatic heterocycles. The van der Waals surface area contributed by atoms with E-state index in [1.165, 1.54) is 17.0 Å². The van der Waals surface area contributed by atoms with E-state index < -0.39 is 0 Å². The highest BCUT2D eigenvalue weighted by atomic mass is 32.1. The van der Waals surface area contributed by atoms with Crippen LogP contribution in [0.4, 0.5) is 10.1 Å². The van der Waals surface area contributed by atoms with Gasteiger partial charge in [0.2, 0.25) is 0 Å². The van der Waals surface area contributed by atoms with Crippen LogP contribution >= 0.6 is 11.3 Å².